The van der Waals surface area contributed by atoms with E-state index in [2.05, 4.69) is 15.0 Å². The monoisotopic (exact) mass is 400 g/mol. The standard InChI is InChI=1S/C20H21FN4O2S/c1-2-15-19(21)20(24-12-23-15)27-13-7-8-25(10-13)18(26)11-28-17-9-22-16-6-4-3-5-14(16)17/h3-6,9,12-13,22H,2,7-8,10-11H2,1H3. The first-order valence-corrected chi connectivity index (χ1v) is 10.3. The molecule has 1 atom stereocenters. The van der Waals surface area contributed by atoms with Gasteiger partial charge in [-0.05, 0) is 12.5 Å². The molecule has 3 heterocycles. The highest BCUT2D eigenvalue weighted by molar-refractivity contribution is 8.00. The molecule has 8 heteroatoms. The molecular formula is C20H21FN4O2S. The van der Waals surface area contributed by atoms with Crippen LogP contribution in [0.2, 0.25) is 0 Å². The molecule has 1 aliphatic heterocycles. The number of benzene rings is 1. The SMILES string of the molecule is CCc1ncnc(OC2CCN(C(=O)CSc3c[nH]c4ccccc34)C2)c1F. The summed E-state index contributed by atoms with van der Waals surface area (Å²) in [6.07, 6.45) is 4.13. The molecule has 4 rings (SSSR count). The van der Waals surface area contributed by atoms with Crippen LogP contribution in [0.3, 0.4) is 0 Å². The van der Waals surface area contributed by atoms with Crippen molar-refractivity contribution < 1.29 is 13.9 Å². The van der Waals surface area contributed by atoms with E-state index in [0.29, 0.717) is 37.4 Å². The zero-order chi connectivity index (χ0) is 19.5. The van der Waals surface area contributed by atoms with Gasteiger partial charge in [0.15, 0.2) is 0 Å². The number of hydrogen-bond donors (Lipinski definition) is 1. The highest BCUT2D eigenvalue weighted by Gasteiger charge is 2.29. The van der Waals surface area contributed by atoms with E-state index < -0.39 is 5.82 Å². The number of nitrogens with one attached hydrogen (secondary N) is 1. The number of hydrogen-bond acceptors (Lipinski definition) is 5. The number of carbonyl (C=O) groups is 1. The van der Waals surface area contributed by atoms with Crippen molar-refractivity contribution in [2.24, 2.45) is 0 Å². The summed E-state index contributed by atoms with van der Waals surface area (Å²) in [5.41, 5.74) is 1.40. The number of para-hydroxylation sites is 1. The maximum atomic E-state index is 14.3. The Morgan fingerprint density at radius 2 is 2.25 bits per heavy atom. The Bertz CT molecular complexity index is 993. The number of halogens is 1. The van der Waals surface area contributed by atoms with Gasteiger partial charge in [-0.1, -0.05) is 25.1 Å². The van der Waals surface area contributed by atoms with Crippen LogP contribution in [0.4, 0.5) is 4.39 Å². The summed E-state index contributed by atoms with van der Waals surface area (Å²) in [7, 11) is 0. The first kappa shape index (κ1) is 18.7. The molecule has 6 nitrogen and oxygen atoms in total. The van der Waals surface area contributed by atoms with Crippen molar-refractivity contribution in [3.8, 4) is 5.88 Å². The van der Waals surface area contributed by atoms with Gasteiger partial charge in [0.05, 0.1) is 18.0 Å². The Kier molecular flexibility index (Phi) is 5.47. The third kappa shape index (κ3) is 3.82. The van der Waals surface area contributed by atoms with Crippen LogP contribution in [0.15, 0.2) is 41.7 Å². The first-order chi connectivity index (χ1) is 13.7. The number of rotatable bonds is 6. The van der Waals surface area contributed by atoms with Crippen LogP contribution in [0.1, 0.15) is 19.0 Å². The quantitative estimate of drug-likeness (QED) is 0.642. The topological polar surface area (TPSA) is 71.1 Å². The van der Waals surface area contributed by atoms with Gasteiger partial charge in [0.25, 0.3) is 5.88 Å². The molecule has 1 aromatic carbocycles. The largest absolute Gasteiger partial charge is 0.470 e. The van der Waals surface area contributed by atoms with Gasteiger partial charge in [0, 0.05) is 35.0 Å². The van der Waals surface area contributed by atoms with Gasteiger partial charge in [-0.25, -0.2) is 4.98 Å². The van der Waals surface area contributed by atoms with Crippen molar-refractivity contribution in [1.82, 2.24) is 19.9 Å². The van der Waals surface area contributed by atoms with E-state index in [1.165, 1.54) is 18.1 Å². The molecule has 0 saturated carbocycles. The Morgan fingerprint density at radius 1 is 1.39 bits per heavy atom. The van der Waals surface area contributed by atoms with E-state index in [-0.39, 0.29) is 17.9 Å². The van der Waals surface area contributed by atoms with E-state index in [1.807, 2.05) is 37.4 Å². The highest BCUT2D eigenvalue weighted by atomic mass is 32.2. The number of carbonyl (C=O) groups excluding carboxylic acids is 1. The zero-order valence-electron chi connectivity index (χ0n) is 15.5. The second kappa shape index (κ2) is 8.18. The lowest BCUT2D eigenvalue weighted by Gasteiger charge is -2.17. The lowest BCUT2D eigenvalue weighted by atomic mass is 10.2. The normalized spacial score (nSPS) is 16.6. The molecule has 0 bridgehead atoms. The average Bonchev–Trinajstić information content (AvgIpc) is 3.35. The van der Waals surface area contributed by atoms with Gasteiger partial charge in [0.2, 0.25) is 11.7 Å². The van der Waals surface area contributed by atoms with Gasteiger partial charge in [0.1, 0.15) is 12.4 Å². The smallest absolute Gasteiger partial charge is 0.254 e. The number of amides is 1. The number of nitrogens with zero attached hydrogens (tertiary/aromatic N) is 3. The lowest BCUT2D eigenvalue weighted by Crippen LogP contribution is -2.32. The Balaban J connectivity index is 1.33. The summed E-state index contributed by atoms with van der Waals surface area (Å²) in [5, 5.41) is 1.12. The van der Waals surface area contributed by atoms with Crippen LogP contribution in [0.5, 0.6) is 5.88 Å². The predicted molar refractivity (Wildman–Crippen MR) is 106 cm³/mol. The third-order valence-corrected chi connectivity index (χ3v) is 5.88. The van der Waals surface area contributed by atoms with Crippen molar-refractivity contribution in [3.05, 3.63) is 48.3 Å². The molecular weight excluding hydrogens is 379 g/mol. The third-order valence-electron chi connectivity index (χ3n) is 4.84. The van der Waals surface area contributed by atoms with E-state index in [9.17, 15) is 9.18 Å². The second-order valence-electron chi connectivity index (χ2n) is 6.65. The summed E-state index contributed by atoms with van der Waals surface area (Å²) in [4.78, 5) is 26.4. The molecule has 28 heavy (non-hydrogen) atoms. The molecule has 3 aromatic rings. The minimum absolute atomic E-state index is 0.0284. The number of likely N-dealkylation sites (tertiary alicyclic amines) is 1. The van der Waals surface area contributed by atoms with E-state index in [0.717, 1.165) is 15.8 Å². The van der Waals surface area contributed by atoms with E-state index in [4.69, 9.17) is 4.74 Å². The fourth-order valence-electron chi connectivity index (χ4n) is 3.32. The molecule has 1 N–H and O–H groups in total. The zero-order valence-corrected chi connectivity index (χ0v) is 16.3. The number of aromatic nitrogens is 3. The molecule has 0 radical (unpaired) electrons. The van der Waals surface area contributed by atoms with Gasteiger partial charge in [-0.3, -0.25) is 4.79 Å². The molecule has 1 amide bonds. The second-order valence-corrected chi connectivity index (χ2v) is 7.67. The number of fused-ring (bicyclic) bond motifs is 1. The van der Waals surface area contributed by atoms with Crippen LogP contribution < -0.4 is 4.74 Å². The Labute approximate surface area is 166 Å². The maximum absolute atomic E-state index is 14.3. The van der Waals surface area contributed by atoms with Gasteiger partial charge in [-0.2, -0.15) is 9.37 Å². The summed E-state index contributed by atoms with van der Waals surface area (Å²) in [6.45, 7) is 2.87. The minimum atomic E-state index is -0.510. The first-order valence-electron chi connectivity index (χ1n) is 9.28. The fourth-order valence-corrected chi connectivity index (χ4v) is 4.26. The van der Waals surface area contributed by atoms with Crippen molar-refractivity contribution in [2.45, 2.75) is 30.8 Å². The van der Waals surface area contributed by atoms with Crippen molar-refractivity contribution in [1.29, 1.82) is 0 Å². The summed E-state index contributed by atoms with van der Waals surface area (Å²) in [5.74, 6) is -0.126. The van der Waals surface area contributed by atoms with Crippen molar-refractivity contribution >= 4 is 28.6 Å². The minimum Gasteiger partial charge on any atom is -0.470 e. The van der Waals surface area contributed by atoms with Crippen molar-refractivity contribution in [2.75, 3.05) is 18.8 Å². The molecule has 1 saturated heterocycles. The van der Waals surface area contributed by atoms with Crippen LogP contribution in [-0.2, 0) is 11.2 Å². The number of thioether (sulfide) groups is 1. The average molecular weight is 400 g/mol. The number of H-pyrrole nitrogens is 1. The van der Waals surface area contributed by atoms with Gasteiger partial charge >= 0.3 is 0 Å². The maximum Gasteiger partial charge on any atom is 0.254 e. The Morgan fingerprint density at radius 3 is 3.11 bits per heavy atom. The lowest BCUT2D eigenvalue weighted by molar-refractivity contribution is -0.127. The molecule has 1 aliphatic rings. The van der Waals surface area contributed by atoms with E-state index in [1.54, 1.807) is 4.90 Å². The molecule has 1 fully saturated rings. The highest BCUT2D eigenvalue weighted by Crippen LogP contribution is 2.28. The fraction of sp³-hybridized carbons (Fsp3) is 0.350. The van der Waals surface area contributed by atoms with Gasteiger partial charge < -0.3 is 14.6 Å². The molecule has 1 unspecified atom stereocenters. The number of ether oxygens (including phenoxy) is 1. The van der Waals surface area contributed by atoms with Crippen LogP contribution in [-0.4, -0.2) is 50.7 Å². The van der Waals surface area contributed by atoms with E-state index >= 15 is 0 Å². The van der Waals surface area contributed by atoms with Crippen LogP contribution >= 0.6 is 11.8 Å². The predicted octanol–water partition coefficient (Wildman–Crippen LogP) is 3.43. The number of aryl methyl sites for hydroxylation is 1. The summed E-state index contributed by atoms with van der Waals surface area (Å²) >= 11 is 1.52. The molecule has 0 spiro atoms. The molecule has 0 aliphatic carbocycles. The summed E-state index contributed by atoms with van der Waals surface area (Å²) in [6, 6.07) is 8.02. The van der Waals surface area contributed by atoms with Crippen LogP contribution in [0.25, 0.3) is 10.9 Å². The summed E-state index contributed by atoms with van der Waals surface area (Å²) < 4.78 is 20.0. The van der Waals surface area contributed by atoms with Crippen molar-refractivity contribution in [3.63, 3.8) is 0 Å². The number of aromatic amines is 1. The van der Waals surface area contributed by atoms with Gasteiger partial charge in [-0.15, -0.1) is 11.8 Å². The van der Waals surface area contributed by atoms with Crippen LogP contribution in [0, 0.1) is 5.82 Å². The molecule has 2 aromatic heterocycles. The molecule has 146 valence electrons. The Hall–Kier alpha value is -2.61.